The molecule has 2 N–H and O–H groups in total. The van der Waals surface area contributed by atoms with Crippen molar-refractivity contribution in [2.45, 2.75) is 39.2 Å². The van der Waals surface area contributed by atoms with E-state index in [1.807, 2.05) is 6.07 Å². The Morgan fingerprint density at radius 2 is 1.53 bits per heavy atom. The molecule has 1 unspecified atom stereocenters. The Hall–Kier alpha value is -1.60. The molecular formula is C18H23N. The monoisotopic (exact) mass is 253 g/mol. The van der Waals surface area contributed by atoms with Crippen molar-refractivity contribution in [1.82, 2.24) is 0 Å². The summed E-state index contributed by atoms with van der Waals surface area (Å²) in [6, 6.07) is 17.1. The molecule has 0 aliphatic carbocycles. The molecule has 0 amide bonds. The Kier molecular flexibility index (Phi) is 4.06. The van der Waals surface area contributed by atoms with Crippen molar-refractivity contribution in [3.8, 4) is 0 Å². The highest BCUT2D eigenvalue weighted by atomic mass is 14.7. The van der Waals surface area contributed by atoms with E-state index in [0.717, 1.165) is 12.8 Å². The van der Waals surface area contributed by atoms with Crippen molar-refractivity contribution in [1.29, 1.82) is 0 Å². The number of hydrogen-bond acceptors (Lipinski definition) is 1. The molecule has 0 fully saturated rings. The van der Waals surface area contributed by atoms with Gasteiger partial charge in [-0.05, 0) is 37.8 Å². The van der Waals surface area contributed by atoms with E-state index in [1.165, 1.54) is 22.3 Å². The first-order valence-electron chi connectivity index (χ1n) is 6.95. The van der Waals surface area contributed by atoms with Crippen LogP contribution >= 0.6 is 0 Å². The van der Waals surface area contributed by atoms with Gasteiger partial charge in [0.25, 0.3) is 0 Å². The van der Waals surface area contributed by atoms with Crippen LogP contribution in [-0.4, -0.2) is 0 Å². The fraction of sp³-hybridized carbons (Fsp3) is 0.333. The molecule has 1 nitrogen and oxygen atoms in total. The molecule has 2 aromatic carbocycles. The van der Waals surface area contributed by atoms with Crippen LogP contribution in [0.15, 0.2) is 48.5 Å². The van der Waals surface area contributed by atoms with Crippen molar-refractivity contribution in [2.75, 3.05) is 0 Å². The fourth-order valence-corrected chi connectivity index (χ4v) is 2.65. The minimum atomic E-state index is -0.280. The van der Waals surface area contributed by atoms with Crippen molar-refractivity contribution in [3.05, 3.63) is 70.8 Å². The molecule has 0 radical (unpaired) electrons. The molecule has 1 atom stereocenters. The van der Waals surface area contributed by atoms with Gasteiger partial charge in [-0.25, -0.2) is 0 Å². The van der Waals surface area contributed by atoms with Crippen LogP contribution in [0.2, 0.25) is 0 Å². The van der Waals surface area contributed by atoms with E-state index in [9.17, 15) is 0 Å². The van der Waals surface area contributed by atoms with E-state index in [1.54, 1.807) is 0 Å². The quantitative estimate of drug-likeness (QED) is 0.872. The Morgan fingerprint density at radius 1 is 0.947 bits per heavy atom. The zero-order valence-corrected chi connectivity index (χ0v) is 12.1. The molecule has 0 aliphatic heterocycles. The number of benzene rings is 2. The molecule has 100 valence electrons. The maximum absolute atomic E-state index is 6.69. The second-order valence-corrected chi connectivity index (χ2v) is 5.55. The minimum Gasteiger partial charge on any atom is -0.321 e. The number of hydrogen-bond donors (Lipinski definition) is 1. The summed E-state index contributed by atoms with van der Waals surface area (Å²) in [4.78, 5) is 0. The Labute approximate surface area is 116 Å². The first kappa shape index (κ1) is 13.8. The van der Waals surface area contributed by atoms with Crippen LogP contribution in [0.25, 0.3) is 0 Å². The SMILES string of the molecule is CCC(N)(Cc1ccccc1)c1cc(C)cc(C)c1. The second kappa shape index (κ2) is 5.58. The maximum atomic E-state index is 6.69. The smallest absolute Gasteiger partial charge is 0.0447 e. The van der Waals surface area contributed by atoms with E-state index in [2.05, 4.69) is 63.2 Å². The van der Waals surface area contributed by atoms with Gasteiger partial charge < -0.3 is 5.73 Å². The van der Waals surface area contributed by atoms with Crippen LogP contribution in [0.1, 0.15) is 35.6 Å². The van der Waals surface area contributed by atoms with Crippen LogP contribution in [0.5, 0.6) is 0 Å². The Balaban J connectivity index is 2.36. The van der Waals surface area contributed by atoms with Gasteiger partial charge in [-0.2, -0.15) is 0 Å². The van der Waals surface area contributed by atoms with Gasteiger partial charge in [0.2, 0.25) is 0 Å². The number of nitrogens with two attached hydrogens (primary N) is 1. The zero-order chi connectivity index (χ0) is 13.9. The van der Waals surface area contributed by atoms with Crippen LogP contribution < -0.4 is 5.73 Å². The van der Waals surface area contributed by atoms with Gasteiger partial charge in [-0.3, -0.25) is 0 Å². The maximum Gasteiger partial charge on any atom is 0.0447 e. The first-order valence-corrected chi connectivity index (χ1v) is 6.95. The van der Waals surface area contributed by atoms with Crippen LogP contribution in [0.4, 0.5) is 0 Å². The topological polar surface area (TPSA) is 26.0 Å². The summed E-state index contributed by atoms with van der Waals surface area (Å²) < 4.78 is 0. The summed E-state index contributed by atoms with van der Waals surface area (Å²) in [5.74, 6) is 0. The molecule has 2 rings (SSSR count). The largest absolute Gasteiger partial charge is 0.321 e. The highest BCUT2D eigenvalue weighted by Gasteiger charge is 2.25. The number of rotatable bonds is 4. The first-order chi connectivity index (χ1) is 9.03. The van der Waals surface area contributed by atoms with Crippen molar-refractivity contribution in [3.63, 3.8) is 0 Å². The van der Waals surface area contributed by atoms with Crippen molar-refractivity contribution < 1.29 is 0 Å². The molecule has 2 aromatic rings. The zero-order valence-electron chi connectivity index (χ0n) is 12.1. The molecular weight excluding hydrogens is 230 g/mol. The summed E-state index contributed by atoms with van der Waals surface area (Å²) in [5, 5.41) is 0. The Morgan fingerprint density at radius 3 is 2.05 bits per heavy atom. The normalized spacial score (nSPS) is 14.1. The third-order valence-corrected chi connectivity index (χ3v) is 3.79. The van der Waals surface area contributed by atoms with Gasteiger partial charge in [0.05, 0.1) is 0 Å². The lowest BCUT2D eigenvalue weighted by Crippen LogP contribution is -2.38. The van der Waals surface area contributed by atoms with E-state index >= 15 is 0 Å². The average Bonchev–Trinajstić information content (AvgIpc) is 2.38. The molecule has 0 aromatic heterocycles. The molecule has 0 saturated heterocycles. The van der Waals surface area contributed by atoms with Gasteiger partial charge in [0.1, 0.15) is 0 Å². The Bertz CT molecular complexity index is 525. The lowest BCUT2D eigenvalue weighted by Gasteiger charge is -2.30. The molecule has 0 heterocycles. The van der Waals surface area contributed by atoms with E-state index in [0.29, 0.717) is 0 Å². The average molecular weight is 253 g/mol. The minimum absolute atomic E-state index is 0.280. The standard InChI is InChI=1S/C18H23N/c1-4-18(19,13-16-8-6-5-7-9-16)17-11-14(2)10-15(3)12-17/h5-12H,4,13,19H2,1-3H3. The summed E-state index contributed by atoms with van der Waals surface area (Å²) in [5.41, 5.74) is 11.5. The van der Waals surface area contributed by atoms with Crippen LogP contribution in [0.3, 0.4) is 0 Å². The van der Waals surface area contributed by atoms with Gasteiger partial charge in [0, 0.05) is 5.54 Å². The summed E-state index contributed by atoms with van der Waals surface area (Å²) in [6.45, 7) is 6.44. The van der Waals surface area contributed by atoms with Gasteiger partial charge in [0.15, 0.2) is 0 Å². The van der Waals surface area contributed by atoms with Crippen LogP contribution in [0, 0.1) is 13.8 Å². The predicted molar refractivity (Wildman–Crippen MR) is 82.2 cm³/mol. The highest BCUT2D eigenvalue weighted by Crippen LogP contribution is 2.28. The third kappa shape index (κ3) is 3.24. The van der Waals surface area contributed by atoms with Gasteiger partial charge in [-0.15, -0.1) is 0 Å². The summed E-state index contributed by atoms with van der Waals surface area (Å²) >= 11 is 0. The highest BCUT2D eigenvalue weighted by molar-refractivity contribution is 5.35. The molecule has 0 saturated carbocycles. The number of aryl methyl sites for hydroxylation is 2. The van der Waals surface area contributed by atoms with E-state index in [4.69, 9.17) is 5.73 Å². The van der Waals surface area contributed by atoms with Gasteiger partial charge >= 0.3 is 0 Å². The molecule has 0 aliphatic rings. The summed E-state index contributed by atoms with van der Waals surface area (Å²) in [7, 11) is 0. The van der Waals surface area contributed by atoms with Crippen molar-refractivity contribution >= 4 is 0 Å². The van der Waals surface area contributed by atoms with Crippen molar-refractivity contribution in [2.24, 2.45) is 5.73 Å². The van der Waals surface area contributed by atoms with E-state index < -0.39 is 0 Å². The van der Waals surface area contributed by atoms with E-state index in [-0.39, 0.29) is 5.54 Å². The second-order valence-electron chi connectivity index (χ2n) is 5.55. The lowest BCUT2D eigenvalue weighted by atomic mass is 9.81. The molecule has 1 heteroatoms. The van der Waals surface area contributed by atoms with Gasteiger partial charge in [-0.1, -0.05) is 66.6 Å². The summed E-state index contributed by atoms with van der Waals surface area (Å²) in [6.07, 6.45) is 1.82. The van der Waals surface area contributed by atoms with Crippen LogP contribution in [-0.2, 0) is 12.0 Å². The lowest BCUT2D eigenvalue weighted by molar-refractivity contribution is 0.424. The third-order valence-electron chi connectivity index (χ3n) is 3.79. The predicted octanol–water partition coefficient (Wildman–Crippen LogP) is 4.11. The molecule has 0 spiro atoms. The molecule has 0 bridgehead atoms. The molecule has 19 heavy (non-hydrogen) atoms. The fourth-order valence-electron chi connectivity index (χ4n) is 2.65.